The summed E-state index contributed by atoms with van der Waals surface area (Å²) in [7, 11) is 0. The summed E-state index contributed by atoms with van der Waals surface area (Å²) in [5.41, 5.74) is 4.13. The third-order valence-corrected chi connectivity index (χ3v) is 3.61. The number of hydrogen-bond donors (Lipinski definition) is 1. The molecule has 0 saturated carbocycles. The van der Waals surface area contributed by atoms with Crippen molar-refractivity contribution in [3.63, 3.8) is 0 Å². The van der Waals surface area contributed by atoms with E-state index >= 15 is 0 Å². The number of rotatable bonds is 2. The lowest BCUT2D eigenvalue weighted by Crippen LogP contribution is -2.00. The fourth-order valence-corrected chi connectivity index (χ4v) is 2.50. The van der Waals surface area contributed by atoms with E-state index in [2.05, 4.69) is 16.0 Å². The lowest BCUT2D eigenvalue weighted by atomic mass is 10.2. The van der Waals surface area contributed by atoms with Gasteiger partial charge in [-0.2, -0.15) is 0 Å². The van der Waals surface area contributed by atoms with Gasteiger partial charge in [0.05, 0.1) is 17.6 Å². The number of fused-ring (bicyclic) bond motifs is 1. The van der Waals surface area contributed by atoms with E-state index in [1.54, 1.807) is 0 Å². The third-order valence-electron chi connectivity index (χ3n) is 3.05. The van der Waals surface area contributed by atoms with Crippen LogP contribution in [0.25, 0.3) is 11.0 Å². The number of imidazole rings is 1. The van der Waals surface area contributed by atoms with E-state index in [1.165, 1.54) is 0 Å². The molecule has 0 radical (unpaired) electrons. The van der Waals surface area contributed by atoms with Crippen LogP contribution in [0.1, 0.15) is 11.3 Å². The average Bonchev–Trinajstić information content (AvgIpc) is 2.69. The first-order valence-corrected chi connectivity index (χ1v) is 6.72. The number of aromatic nitrogens is 3. The number of pyridine rings is 1. The molecule has 1 N–H and O–H groups in total. The van der Waals surface area contributed by atoms with Crippen molar-refractivity contribution >= 4 is 34.9 Å². The summed E-state index contributed by atoms with van der Waals surface area (Å²) in [5.74, 6) is 0. The molecule has 0 unspecified atom stereocenters. The quantitative estimate of drug-likeness (QED) is 0.721. The second kappa shape index (κ2) is 4.79. The first-order valence-electron chi connectivity index (χ1n) is 5.93. The highest BCUT2D eigenvalue weighted by molar-refractivity contribution is 7.71. The molecule has 2 heterocycles. The highest BCUT2D eigenvalue weighted by Crippen LogP contribution is 2.20. The normalized spacial score (nSPS) is 11.1. The maximum Gasteiger partial charge on any atom is 0.178 e. The maximum absolute atomic E-state index is 6.05. The summed E-state index contributed by atoms with van der Waals surface area (Å²) in [6.07, 6.45) is 1.88. The van der Waals surface area contributed by atoms with Crippen LogP contribution in [0.15, 0.2) is 36.5 Å². The molecule has 3 rings (SSSR count). The van der Waals surface area contributed by atoms with E-state index in [0.717, 1.165) is 22.3 Å². The molecule has 3 nitrogen and oxygen atoms in total. The smallest absolute Gasteiger partial charge is 0.178 e. The van der Waals surface area contributed by atoms with Gasteiger partial charge in [0, 0.05) is 16.9 Å². The van der Waals surface area contributed by atoms with Gasteiger partial charge in [0.15, 0.2) is 4.77 Å². The Morgan fingerprint density at radius 3 is 2.89 bits per heavy atom. The standard InChI is InChI=1S/C14H12ClN3S/c1-9-2-3-10(7-16-9)8-18-13-6-11(15)4-5-12(13)17-14(18)19/h2-7H,8H2,1H3,(H,17,19). The van der Waals surface area contributed by atoms with Gasteiger partial charge in [-0.25, -0.2) is 0 Å². The molecule has 0 saturated heterocycles. The molecule has 0 aliphatic rings. The monoisotopic (exact) mass is 289 g/mol. The third kappa shape index (κ3) is 2.41. The van der Waals surface area contributed by atoms with Crippen LogP contribution in [0, 0.1) is 11.7 Å². The van der Waals surface area contributed by atoms with Crippen molar-refractivity contribution < 1.29 is 0 Å². The molecule has 0 spiro atoms. The Kier molecular flexibility index (Phi) is 3.12. The van der Waals surface area contributed by atoms with Crippen LogP contribution in [-0.2, 0) is 6.54 Å². The molecule has 5 heteroatoms. The van der Waals surface area contributed by atoms with Crippen LogP contribution in [0.4, 0.5) is 0 Å². The molecule has 0 atom stereocenters. The first kappa shape index (κ1) is 12.4. The van der Waals surface area contributed by atoms with Crippen LogP contribution < -0.4 is 0 Å². The number of benzene rings is 1. The van der Waals surface area contributed by atoms with E-state index in [1.807, 2.05) is 42.0 Å². The van der Waals surface area contributed by atoms with Crippen LogP contribution in [-0.4, -0.2) is 14.5 Å². The maximum atomic E-state index is 6.05. The topological polar surface area (TPSA) is 33.6 Å². The van der Waals surface area contributed by atoms with Crippen LogP contribution >= 0.6 is 23.8 Å². The minimum absolute atomic E-state index is 0.687. The zero-order valence-electron chi connectivity index (χ0n) is 10.4. The summed E-state index contributed by atoms with van der Waals surface area (Å²) in [6, 6.07) is 9.78. The Hall–Kier alpha value is -1.65. The average molecular weight is 290 g/mol. The van der Waals surface area contributed by atoms with Crippen molar-refractivity contribution in [2.45, 2.75) is 13.5 Å². The highest BCUT2D eigenvalue weighted by Gasteiger charge is 2.06. The zero-order chi connectivity index (χ0) is 13.4. The van der Waals surface area contributed by atoms with Gasteiger partial charge in [0.2, 0.25) is 0 Å². The van der Waals surface area contributed by atoms with Crippen LogP contribution in [0.3, 0.4) is 0 Å². The van der Waals surface area contributed by atoms with Gasteiger partial charge in [-0.15, -0.1) is 0 Å². The molecular formula is C14H12ClN3S. The minimum atomic E-state index is 0.687. The summed E-state index contributed by atoms with van der Waals surface area (Å²) < 4.78 is 2.72. The second-order valence-electron chi connectivity index (χ2n) is 4.49. The lowest BCUT2D eigenvalue weighted by Gasteiger charge is -2.05. The van der Waals surface area contributed by atoms with Gasteiger partial charge in [0.1, 0.15) is 0 Å². The molecule has 0 aliphatic heterocycles. The van der Waals surface area contributed by atoms with Crippen molar-refractivity contribution in [3.8, 4) is 0 Å². The predicted octanol–water partition coefficient (Wildman–Crippen LogP) is 4.10. The minimum Gasteiger partial charge on any atom is -0.331 e. The molecule has 0 fully saturated rings. The fraction of sp³-hybridized carbons (Fsp3) is 0.143. The number of halogens is 1. The number of aryl methyl sites for hydroxylation is 1. The van der Waals surface area contributed by atoms with Crippen molar-refractivity contribution in [1.29, 1.82) is 0 Å². The van der Waals surface area contributed by atoms with Crippen LogP contribution in [0.2, 0.25) is 5.02 Å². The number of nitrogens with one attached hydrogen (secondary N) is 1. The molecule has 96 valence electrons. The summed E-state index contributed by atoms with van der Waals surface area (Å²) >= 11 is 11.4. The van der Waals surface area contributed by atoms with Gasteiger partial charge in [-0.3, -0.25) is 4.98 Å². The summed E-state index contributed by atoms with van der Waals surface area (Å²) in [4.78, 5) is 7.49. The molecule has 2 aromatic heterocycles. The van der Waals surface area contributed by atoms with Crippen molar-refractivity contribution in [2.24, 2.45) is 0 Å². The van der Waals surface area contributed by atoms with Gasteiger partial charge >= 0.3 is 0 Å². The predicted molar refractivity (Wildman–Crippen MR) is 80.2 cm³/mol. The molecule has 0 bridgehead atoms. The van der Waals surface area contributed by atoms with Crippen molar-refractivity contribution in [2.75, 3.05) is 0 Å². The zero-order valence-corrected chi connectivity index (χ0v) is 11.9. The molecule has 19 heavy (non-hydrogen) atoms. The molecule has 3 aromatic rings. The molecular weight excluding hydrogens is 278 g/mol. The Morgan fingerprint density at radius 2 is 2.16 bits per heavy atom. The van der Waals surface area contributed by atoms with Crippen molar-refractivity contribution in [1.82, 2.24) is 14.5 Å². The van der Waals surface area contributed by atoms with Gasteiger partial charge in [-0.1, -0.05) is 17.7 Å². The van der Waals surface area contributed by atoms with E-state index in [4.69, 9.17) is 23.8 Å². The SMILES string of the molecule is Cc1ccc(Cn2c(=S)[nH]c3ccc(Cl)cc32)cn1. The number of nitrogens with zero attached hydrogens (tertiary/aromatic N) is 2. The highest BCUT2D eigenvalue weighted by atomic mass is 35.5. The van der Waals surface area contributed by atoms with Gasteiger partial charge < -0.3 is 9.55 Å². The Bertz CT molecular complexity index is 787. The second-order valence-corrected chi connectivity index (χ2v) is 5.31. The van der Waals surface area contributed by atoms with E-state index in [0.29, 0.717) is 16.3 Å². The Morgan fingerprint density at radius 1 is 1.32 bits per heavy atom. The van der Waals surface area contributed by atoms with E-state index in [9.17, 15) is 0 Å². The lowest BCUT2D eigenvalue weighted by molar-refractivity contribution is 0.805. The number of aromatic amines is 1. The molecule has 0 amide bonds. The summed E-state index contributed by atoms with van der Waals surface area (Å²) in [5, 5.41) is 0.706. The Balaban J connectivity index is 2.09. The molecule has 0 aliphatic carbocycles. The number of hydrogen-bond acceptors (Lipinski definition) is 2. The molecule has 1 aromatic carbocycles. The van der Waals surface area contributed by atoms with Gasteiger partial charge in [-0.05, 0) is 49.0 Å². The first-order chi connectivity index (χ1) is 9.13. The van der Waals surface area contributed by atoms with E-state index in [-0.39, 0.29) is 0 Å². The largest absolute Gasteiger partial charge is 0.331 e. The number of H-pyrrole nitrogens is 1. The van der Waals surface area contributed by atoms with Gasteiger partial charge in [0.25, 0.3) is 0 Å². The van der Waals surface area contributed by atoms with Crippen LogP contribution in [0.5, 0.6) is 0 Å². The summed E-state index contributed by atoms with van der Waals surface area (Å²) in [6.45, 7) is 2.66. The van der Waals surface area contributed by atoms with E-state index < -0.39 is 0 Å². The fourth-order valence-electron chi connectivity index (χ4n) is 2.06. The van der Waals surface area contributed by atoms with Crippen molar-refractivity contribution in [3.05, 3.63) is 57.6 Å². The Labute approximate surface area is 120 Å².